The molecule has 2 rings (SSSR count). The lowest BCUT2D eigenvalue weighted by Crippen LogP contribution is -2.50. The van der Waals surface area contributed by atoms with Gasteiger partial charge >= 0.3 is 5.97 Å². The van der Waals surface area contributed by atoms with Crippen molar-refractivity contribution in [3.8, 4) is 0 Å². The Morgan fingerprint density at radius 1 is 1.33 bits per heavy atom. The van der Waals surface area contributed by atoms with E-state index in [4.69, 9.17) is 0 Å². The number of amides is 1. The third-order valence-corrected chi connectivity index (χ3v) is 3.91. The fourth-order valence-corrected chi connectivity index (χ4v) is 2.62. The molecule has 0 radical (unpaired) electrons. The van der Waals surface area contributed by atoms with Crippen molar-refractivity contribution >= 4 is 11.9 Å². The summed E-state index contributed by atoms with van der Waals surface area (Å²) in [4.78, 5) is 24.8. The summed E-state index contributed by atoms with van der Waals surface area (Å²) in [5.41, 5.74) is -0.521. The number of nitrogens with zero attached hydrogens (tertiary/aromatic N) is 1. The number of rotatable bonds is 2. The van der Waals surface area contributed by atoms with Gasteiger partial charge in [0, 0.05) is 6.54 Å². The monoisotopic (exact) mass is 297 g/mol. The highest BCUT2D eigenvalue weighted by atomic mass is 19.1. The van der Waals surface area contributed by atoms with Crippen LogP contribution in [-0.4, -0.2) is 34.5 Å². The summed E-state index contributed by atoms with van der Waals surface area (Å²) < 4.78 is 27.8. The fourth-order valence-electron chi connectivity index (χ4n) is 2.62. The van der Waals surface area contributed by atoms with E-state index in [0.717, 1.165) is 11.0 Å². The van der Waals surface area contributed by atoms with Crippen LogP contribution in [0.1, 0.15) is 35.7 Å². The summed E-state index contributed by atoms with van der Waals surface area (Å²) in [5, 5.41) is 9.23. The molecule has 0 bridgehead atoms. The maximum absolute atomic E-state index is 14.0. The van der Waals surface area contributed by atoms with E-state index in [1.807, 2.05) is 6.92 Å². The Hall–Kier alpha value is -1.98. The average Bonchev–Trinajstić information content (AvgIpc) is 2.43. The molecule has 1 N–H and O–H groups in total. The molecule has 1 aliphatic rings. The standard InChI is InChI=1S/C15H17F2NO3/c1-8-5-6-18(11(7-8)15(20)21)14(19)12-10(16)4-3-9(2)13(12)17/h3-4,8,11H,5-7H2,1-2H3,(H,20,21). The second-order valence-electron chi connectivity index (χ2n) is 5.54. The number of hydrogen-bond donors (Lipinski definition) is 1. The minimum Gasteiger partial charge on any atom is -0.480 e. The van der Waals surface area contributed by atoms with Gasteiger partial charge in [0.05, 0.1) is 0 Å². The van der Waals surface area contributed by atoms with Gasteiger partial charge in [-0.1, -0.05) is 13.0 Å². The van der Waals surface area contributed by atoms with Crippen LogP contribution in [0.5, 0.6) is 0 Å². The quantitative estimate of drug-likeness (QED) is 0.913. The lowest BCUT2D eigenvalue weighted by molar-refractivity contribution is -0.144. The lowest BCUT2D eigenvalue weighted by Gasteiger charge is -2.36. The first-order chi connectivity index (χ1) is 9.82. The van der Waals surface area contributed by atoms with E-state index in [-0.39, 0.29) is 24.4 Å². The van der Waals surface area contributed by atoms with Gasteiger partial charge in [-0.25, -0.2) is 13.6 Å². The van der Waals surface area contributed by atoms with Crippen LogP contribution in [0.25, 0.3) is 0 Å². The number of carboxylic acid groups (broad SMARTS) is 1. The number of aliphatic carboxylic acids is 1. The third-order valence-electron chi connectivity index (χ3n) is 3.91. The number of benzene rings is 1. The van der Waals surface area contributed by atoms with Crippen molar-refractivity contribution in [3.63, 3.8) is 0 Å². The Morgan fingerprint density at radius 2 is 2.00 bits per heavy atom. The second-order valence-corrected chi connectivity index (χ2v) is 5.54. The molecule has 1 amide bonds. The Morgan fingerprint density at radius 3 is 2.62 bits per heavy atom. The Bertz CT molecular complexity index is 589. The molecule has 4 nitrogen and oxygen atoms in total. The molecule has 1 aromatic carbocycles. The Labute approximate surface area is 121 Å². The predicted octanol–water partition coefficient (Wildman–Crippen LogP) is 2.60. The summed E-state index contributed by atoms with van der Waals surface area (Å²) in [6.07, 6.45) is 0.903. The van der Waals surface area contributed by atoms with Crippen LogP contribution in [0.15, 0.2) is 12.1 Å². The van der Waals surface area contributed by atoms with Crippen LogP contribution in [0, 0.1) is 24.5 Å². The number of likely N-dealkylation sites (tertiary alicyclic amines) is 1. The van der Waals surface area contributed by atoms with Gasteiger partial charge in [-0.2, -0.15) is 0 Å². The maximum atomic E-state index is 14.0. The van der Waals surface area contributed by atoms with E-state index in [0.29, 0.717) is 6.42 Å². The van der Waals surface area contributed by atoms with E-state index < -0.39 is 35.1 Å². The minimum absolute atomic E-state index is 0.150. The first-order valence-electron chi connectivity index (χ1n) is 6.81. The number of carbonyl (C=O) groups excluding carboxylic acids is 1. The first kappa shape index (κ1) is 15.4. The van der Waals surface area contributed by atoms with Crippen molar-refractivity contribution in [2.24, 2.45) is 5.92 Å². The SMILES string of the molecule is Cc1ccc(F)c(C(=O)N2CCC(C)CC2C(=O)O)c1F. The van der Waals surface area contributed by atoms with Crippen LogP contribution in [0.3, 0.4) is 0 Å². The topological polar surface area (TPSA) is 57.6 Å². The summed E-state index contributed by atoms with van der Waals surface area (Å²) >= 11 is 0. The number of halogens is 2. The van der Waals surface area contributed by atoms with E-state index in [1.54, 1.807) is 0 Å². The van der Waals surface area contributed by atoms with Crippen LogP contribution in [0.4, 0.5) is 8.78 Å². The van der Waals surface area contributed by atoms with Crippen molar-refractivity contribution < 1.29 is 23.5 Å². The molecule has 1 aromatic rings. The zero-order valence-corrected chi connectivity index (χ0v) is 11.9. The molecule has 1 fully saturated rings. The molecule has 2 unspecified atom stereocenters. The molecule has 1 heterocycles. The third kappa shape index (κ3) is 2.89. The molecule has 6 heteroatoms. The van der Waals surface area contributed by atoms with Gasteiger partial charge in [-0.3, -0.25) is 4.79 Å². The van der Waals surface area contributed by atoms with Gasteiger partial charge < -0.3 is 10.0 Å². The number of piperidine rings is 1. The van der Waals surface area contributed by atoms with Gasteiger partial charge in [-0.15, -0.1) is 0 Å². The Kier molecular flexibility index (Phi) is 4.25. The molecule has 0 spiro atoms. The van der Waals surface area contributed by atoms with Crippen LogP contribution < -0.4 is 0 Å². The second kappa shape index (κ2) is 5.79. The molecule has 114 valence electrons. The summed E-state index contributed by atoms with van der Waals surface area (Å²) in [6.45, 7) is 3.51. The zero-order chi connectivity index (χ0) is 15.7. The molecular formula is C15H17F2NO3. The van der Waals surface area contributed by atoms with Gasteiger partial charge in [0.15, 0.2) is 0 Å². The van der Waals surface area contributed by atoms with Crippen molar-refractivity contribution in [2.75, 3.05) is 6.54 Å². The van der Waals surface area contributed by atoms with Crippen LogP contribution >= 0.6 is 0 Å². The highest BCUT2D eigenvalue weighted by molar-refractivity contribution is 5.97. The molecule has 0 aliphatic carbocycles. The predicted molar refractivity (Wildman–Crippen MR) is 72.0 cm³/mol. The van der Waals surface area contributed by atoms with Crippen LogP contribution in [0.2, 0.25) is 0 Å². The normalized spacial score (nSPS) is 22.2. The minimum atomic E-state index is -1.15. The summed E-state index contributed by atoms with van der Waals surface area (Å²) in [5.74, 6) is -3.78. The molecule has 1 saturated heterocycles. The number of carboxylic acids is 1. The van der Waals surface area contributed by atoms with Crippen molar-refractivity contribution in [1.82, 2.24) is 4.90 Å². The molecule has 1 aliphatic heterocycles. The van der Waals surface area contributed by atoms with Gasteiger partial charge in [0.1, 0.15) is 23.2 Å². The Balaban J connectivity index is 2.39. The van der Waals surface area contributed by atoms with E-state index in [9.17, 15) is 23.5 Å². The summed E-state index contributed by atoms with van der Waals surface area (Å²) in [6, 6.07) is 1.23. The first-order valence-corrected chi connectivity index (χ1v) is 6.81. The van der Waals surface area contributed by atoms with Gasteiger partial charge in [0.25, 0.3) is 5.91 Å². The highest BCUT2D eigenvalue weighted by Crippen LogP contribution is 2.26. The molecule has 0 saturated carbocycles. The molecular weight excluding hydrogens is 280 g/mol. The maximum Gasteiger partial charge on any atom is 0.326 e. The fraction of sp³-hybridized carbons (Fsp3) is 0.467. The highest BCUT2D eigenvalue weighted by Gasteiger charge is 2.37. The lowest BCUT2D eigenvalue weighted by atomic mass is 9.91. The molecule has 2 atom stereocenters. The zero-order valence-electron chi connectivity index (χ0n) is 11.9. The number of aryl methyl sites for hydroxylation is 1. The number of hydrogen-bond acceptors (Lipinski definition) is 2. The van der Waals surface area contributed by atoms with E-state index in [2.05, 4.69) is 0 Å². The van der Waals surface area contributed by atoms with Crippen LogP contribution in [-0.2, 0) is 4.79 Å². The molecule has 0 aromatic heterocycles. The van der Waals surface area contributed by atoms with Gasteiger partial charge in [0.2, 0.25) is 0 Å². The van der Waals surface area contributed by atoms with Gasteiger partial charge in [-0.05, 0) is 37.3 Å². The van der Waals surface area contributed by atoms with Crippen molar-refractivity contribution in [2.45, 2.75) is 32.7 Å². The van der Waals surface area contributed by atoms with E-state index >= 15 is 0 Å². The average molecular weight is 297 g/mol. The summed E-state index contributed by atoms with van der Waals surface area (Å²) in [7, 11) is 0. The van der Waals surface area contributed by atoms with Crippen molar-refractivity contribution in [1.29, 1.82) is 0 Å². The largest absolute Gasteiger partial charge is 0.480 e. The molecule has 21 heavy (non-hydrogen) atoms. The smallest absolute Gasteiger partial charge is 0.326 e. The van der Waals surface area contributed by atoms with Crippen molar-refractivity contribution in [3.05, 3.63) is 34.9 Å². The van der Waals surface area contributed by atoms with E-state index in [1.165, 1.54) is 13.0 Å². The number of carbonyl (C=O) groups is 2.